The van der Waals surface area contributed by atoms with Gasteiger partial charge in [0, 0.05) is 24.8 Å². The summed E-state index contributed by atoms with van der Waals surface area (Å²) in [6.07, 6.45) is 4.33. The molecule has 16 heavy (non-hydrogen) atoms. The van der Waals surface area contributed by atoms with Crippen LogP contribution in [0.1, 0.15) is 18.4 Å². The summed E-state index contributed by atoms with van der Waals surface area (Å²) in [5, 5.41) is 10.2. The Morgan fingerprint density at radius 1 is 1.12 bits per heavy atom. The second-order valence-electron chi connectivity index (χ2n) is 4.90. The summed E-state index contributed by atoms with van der Waals surface area (Å²) in [7, 11) is 0. The summed E-state index contributed by atoms with van der Waals surface area (Å²) >= 11 is 0. The van der Waals surface area contributed by atoms with Gasteiger partial charge in [-0.2, -0.15) is 0 Å². The molecule has 3 aliphatic heterocycles. The maximum atomic E-state index is 10.2. The molecule has 2 heteroatoms. The molecule has 0 amide bonds. The molecule has 3 saturated heterocycles. The zero-order chi connectivity index (χ0) is 11.0. The Kier molecular flexibility index (Phi) is 2.54. The van der Waals surface area contributed by atoms with Crippen molar-refractivity contribution in [2.75, 3.05) is 13.1 Å². The average molecular weight is 216 g/mol. The molecule has 84 valence electrons. The number of aliphatic hydroxyl groups is 1. The SMILES string of the molecule is O[C@@H]1/C(=C/c2ccccc2)[NH+]2CCC1CC2. The van der Waals surface area contributed by atoms with E-state index in [1.807, 2.05) is 18.2 Å². The maximum absolute atomic E-state index is 10.2. The number of fused-ring (bicyclic) bond motifs is 3. The van der Waals surface area contributed by atoms with Gasteiger partial charge in [-0.05, 0) is 5.56 Å². The lowest BCUT2D eigenvalue weighted by atomic mass is 9.83. The van der Waals surface area contributed by atoms with E-state index in [9.17, 15) is 5.11 Å². The molecule has 0 aliphatic carbocycles. The minimum absolute atomic E-state index is 0.210. The summed E-state index contributed by atoms with van der Waals surface area (Å²) in [5.74, 6) is 0.507. The number of piperidine rings is 3. The molecule has 2 bridgehead atoms. The van der Waals surface area contributed by atoms with E-state index in [2.05, 4.69) is 18.2 Å². The zero-order valence-electron chi connectivity index (χ0n) is 9.39. The fraction of sp³-hybridized carbons (Fsp3) is 0.429. The van der Waals surface area contributed by atoms with Crippen molar-refractivity contribution < 1.29 is 10.0 Å². The third kappa shape index (κ3) is 1.68. The van der Waals surface area contributed by atoms with Crippen LogP contribution < -0.4 is 4.90 Å². The van der Waals surface area contributed by atoms with E-state index in [4.69, 9.17) is 0 Å². The third-order valence-electron chi connectivity index (χ3n) is 3.93. The Labute approximate surface area is 96.2 Å². The monoisotopic (exact) mass is 216 g/mol. The van der Waals surface area contributed by atoms with Crippen LogP contribution in [0.15, 0.2) is 36.0 Å². The smallest absolute Gasteiger partial charge is 0.137 e. The van der Waals surface area contributed by atoms with Crippen LogP contribution in [-0.2, 0) is 0 Å². The largest absolute Gasteiger partial charge is 0.383 e. The highest BCUT2D eigenvalue weighted by Gasteiger charge is 2.40. The second kappa shape index (κ2) is 4.04. The molecule has 0 spiro atoms. The lowest BCUT2D eigenvalue weighted by molar-refractivity contribution is -0.880. The fourth-order valence-corrected chi connectivity index (χ4v) is 2.97. The van der Waals surface area contributed by atoms with E-state index in [1.165, 1.54) is 42.1 Å². The first-order valence-electron chi connectivity index (χ1n) is 6.14. The van der Waals surface area contributed by atoms with E-state index < -0.39 is 0 Å². The van der Waals surface area contributed by atoms with Crippen molar-refractivity contribution in [3.8, 4) is 0 Å². The standard InChI is InChI=1S/C14H17NO/c16-14-12-6-8-15(9-7-12)13(14)10-11-4-2-1-3-5-11/h1-5,10,12,14,16H,6-9H2/p+1/b13-10-/t14-/m0/s1. The van der Waals surface area contributed by atoms with Crippen molar-refractivity contribution in [2.45, 2.75) is 18.9 Å². The van der Waals surface area contributed by atoms with Crippen LogP contribution in [0.3, 0.4) is 0 Å². The minimum Gasteiger partial charge on any atom is -0.383 e. The first-order valence-corrected chi connectivity index (χ1v) is 6.14. The Balaban J connectivity index is 1.92. The summed E-state index contributed by atoms with van der Waals surface area (Å²) in [5.41, 5.74) is 2.41. The molecule has 3 aliphatic rings. The molecule has 1 aromatic carbocycles. The molecular formula is C14H18NO+. The van der Waals surface area contributed by atoms with Gasteiger partial charge in [-0.15, -0.1) is 0 Å². The number of hydrogen-bond acceptors (Lipinski definition) is 1. The molecule has 3 fully saturated rings. The second-order valence-corrected chi connectivity index (χ2v) is 4.90. The Bertz CT molecular complexity index is 386. The average Bonchev–Trinajstić information content (AvgIpc) is 2.36. The maximum Gasteiger partial charge on any atom is 0.137 e. The van der Waals surface area contributed by atoms with Crippen molar-refractivity contribution in [3.05, 3.63) is 41.6 Å². The van der Waals surface area contributed by atoms with Crippen LogP contribution in [0, 0.1) is 5.92 Å². The topological polar surface area (TPSA) is 24.7 Å². The van der Waals surface area contributed by atoms with Gasteiger partial charge in [-0.25, -0.2) is 0 Å². The normalized spacial score (nSPS) is 35.6. The van der Waals surface area contributed by atoms with E-state index in [0.29, 0.717) is 5.92 Å². The van der Waals surface area contributed by atoms with E-state index in [0.717, 1.165) is 0 Å². The molecule has 0 saturated carbocycles. The van der Waals surface area contributed by atoms with Crippen molar-refractivity contribution in [1.82, 2.24) is 0 Å². The highest BCUT2D eigenvalue weighted by molar-refractivity contribution is 5.51. The first kappa shape index (κ1) is 10.1. The molecule has 3 heterocycles. The van der Waals surface area contributed by atoms with Gasteiger partial charge in [0.05, 0.1) is 13.1 Å². The van der Waals surface area contributed by atoms with Gasteiger partial charge < -0.3 is 10.0 Å². The molecule has 1 atom stereocenters. The number of aliphatic hydroxyl groups excluding tert-OH is 1. The van der Waals surface area contributed by atoms with Crippen molar-refractivity contribution in [1.29, 1.82) is 0 Å². The zero-order valence-corrected chi connectivity index (χ0v) is 9.39. The number of quaternary nitrogens is 1. The predicted molar refractivity (Wildman–Crippen MR) is 63.8 cm³/mol. The van der Waals surface area contributed by atoms with Gasteiger partial charge in [0.15, 0.2) is 0 Å². The molecule has 0 unspecified atom stereocenters. The van der Waals surface area contributed by atoms with E-state index >= 15 is 0 Å². The van der Waals surface area contributed by atoms with Crippen molar-refractivity contribution in [3.63, 3.8) is 0 Å². The summed E-state index contributed by atoms with van der Waals surface area (Å²) < 4.78 is 0. The van der Waals surface area contributed by atoms with Gasteiger partial charge in [0.1, 0.15) is 11.8 Å². The van der Waals surface area contributed by atoms with Gasteiger partial charge in [0.25, 0.3) is 0 Å². The molecule has 0 aromatic heterocycles. The molecule has 1 aromatic rings. The van der Waals surface area contributed by atoms with Gasteiger partial charge in [-0.1, -0.05) is 30.3 Å². The van der Waals surface area contributed by atoms with Crippen LogP contribution in [0.25, 0.3) is 6.08 Å². The van der Waals surface area contributed by atoms with Crippen LogP contribution in [-0.4, -0.2) is 24.3 Å². The highest BCUT2D eigenvalue weighted by atomic mass is 16.3. The third-order valence-corrected chi connectivity index (χ3v) is 3.93. The van der Waals surface area contributed by atoms with Crippen LogP contribution in [0.5, 0.6) is 0 Å². The number of hydrogen-bond donors (Lipinski definition) is 2. The molecule has 2 N–H and O–H groups in total. The van der Waals surface area contributed by atoms with Crippen molar-refractivity contribution >= 4 is 6.08 Å². The Hall–Kier alpha value is -1.12. The van der Waals surface area contributed by atoms with Gasteiger partial charge in [-0.3, -0.25) is 0 Å². The van der Waals surface area contributed by atoms with Crippen LogP contribution >= 0.6 is 0 Å². The predicted octanol–water partition coefficient (Wildman–Crippen LogP) is 0.697. The number of nitrogens with one attached hydrogen (secondary N) is 1. The summed E-state index contributed by atoms with van der Waals surface area (Å²) in [6.45, 7) is 2.39. The number of benzene rings is 1. The lowest BCUT2D eigenvalue weighted by Gasteiger charge is -2.41. The number of rotatable bonds is 1. The van der Waals surface area contributed by atoms with Crippen LogP contribution in [0.2, 0.25) is 0 Å². The van der Waals surface area contributed by atoms with E-state index in [1.54, 1.807) is 0 Å². The Morgan fingerprint density at radius 3 is 2.44 bits per heavy atom. The minimum atomic E-state index is -0.210. The highest BCUT2D eigenvalue weighted by Crippen LogP contribution is 2.24. The molecular weight excluding hydrogens is 198 g/mol. The molecule has 2 nitrogen and oxygen atoms in total. The molecule has 0 radical (unpaired) electrons. The van der Waals surface area contributed by atoms with Gasteiger partial charge in [0.2, 0.25) is 0 Å². The lowest BCUT2D eigenvalue weighted by Crippen LogP contribution is -3.14. The first-order chi connectivity index (χ1) is 7.84. The summed E-state index contributed by atoms with van der Waals surface area (Å²) in [4.78, 5) is 1.49. The van der Waals surface area contributed by atoms with Crippen molar-refractivity contribution in [2.24, 2.45) is 5.92 Å². The quantitative estimate of drug-likeness (QED) is 0.709. The fourth-order valence-electron chi connectivity index (χ4n) is 2.97. The molecule has 4 rings (SSSR count). The van der Waals surface area contributed by atoms with Crippen LogP contribution in [0.4, 0.5) is 0 Å². The Morgan fingerprint density at radius 2 is 1.81 bits per heavy atom. The van der Waals surface area contributed by atoms with E-state index in [-0.39, 0.29) is 6.10 Å². The summed E-state index contributed by atoms with van der Waals surface area (Å²) in [6, 6.07) is 10.3. The van der Waals surface area contributed by atoms with Gasteiger partial charge >= 0.3 is 0 Å².